The molecule has 0 aliphatic rings. The second-order valence-electron chi connectivity index (χ2n) is 7.56. The molecular weight excluding hydrogens is 400 g/mol. The molecule has 0 bridgehead atoms. The van der Waals surface area contributed by atoms with Crippen molar-refractivity contribution >= 4 is 22.3 Å². The molecule has 0 saturated carbocycles. The predicted octanol–water partition coefficient (Wildman–Crippen LogP) is 5.86. The Morgan fingerprint density at radius 2 is 1.41 bits per heavy atom. The van der Waals surface area contributed by atoms with Crippen LogP contribution in [0, 0.1) is 0 Å². The summed E-state index contributed by atoms with van der Waals surface area (Å²) in [6, 6.07) is 26.8. The van der Waals surface area contributed by atoms with Crippen molar-refractivity contribution in [3.8, 4) is 11.5 Å². The van der Waals surface area contributed by atoms with Gasteiger partial charge < -0.3 is 14.9 Å². The van der Waals surface area contributed by atoms with Crippen LogP contribution in [0.4, 0.5) is 0 Å². The fraction of sp³-hybridized carbons (Fsp3) is 0.107. The maximum absolute atomic E-state index is 12.5. The zero-order valence-electron chi connectivity index (χ0n) is 17.8. The Bertz CT molecular complexity index is 1280. The van der Waals surface area contributed by atoms with Crippen LogP contribution < -0.4 is 4.74 Å². The molecule has 0 amide bonds. The first-order valence-corrected chi connectivity index (χ1v) is 10.4. The topological polar surface area (TPSA) is 66.8 Å². The van der Waals surface area contributed by atoms with Gasteiger partial charge in [-0.15, -0.1) is 0 Å². The second kappa shape index (κ2) is 9.40. The lowest BCUT2D eigenvalue weighted by atomic mass is 9.87. The number of carboxylic acid groups (broad SMARTS) is 1. The molecule has 0 aromatic heterocycles. The van der Waals surface area contributed by atoms with Gasteiger partial charge in [0.15, 0.2) is 11.5 Å². The number of phenols is 1. The van der Waals surface area contributed by atoms with Gasteiger partial charge in [0.2, 0.25) is 0 Å². The molecule has 0 aliphatic heterocycles. The molecular formula is C28H24O4. The highest BCUT2D eigenvalue weighted by Gasteiger charge is 2.25. The Balaban J connectivity index is 1.99. The van der Waals surface area contributed by atoms with Crippen molar-refractivity contribution in [2.75, 3.05) is 7.11 Å². The Morgan fingerprint density at radius 1 is 0.844 bits per heavy atom. The summed E-state index contributed by atoms with van der Waals surface area (Å²) in [5, 5.41) is 22.4. The van der Waals surface area contributed by atoms with Crippen LogP contribution >= 0.6 is 0 Å². The summed E-state index contributed by atoms with van der Waals surface area (Å²) in [5.41, 5.74) is 3.42. The van der Waals surface area contributed by atoms with Crippen molar-refractivity contribution in [3.05, 3.63) is 113 Å². The summed E-state index contributed by atoms with van der Waals surface area (Å²) in [6.45, 7) is 0. The van der Waals surface area contributed by atoms with Gasteiger partial charge in [-0.2, -0.15) is 0 Å². The minimum atomic E-state index is -1.02. The van der Waals surface area contributed by atoms with E-state index in [-0.39, 0.29) is 11.3 Å². The number of benzene rings is 4. The molecule has 32 heavy (non-hydrogen) atoms. The highest BCUT2D eigenvalue weighted by Crippen LogP contribution is 2.44. The smallest absolute Gasteiger partial charge is 0.336 e. The number of carbonyl (C=O) groups is 1. The van der Waals surface area contributed by atoms with Crippen LogP contribution in [-0.4, -0.2) is 23.3 Å². The minimum Gasteiger partial charge on any atom is -0.504 e. The molecule has 0 aliphatic carbocycles. The summed E-state index contributed by atoms with van der Waals surface area (Å²) in [5.74, 6) is -0.701. The molecule has 160 valence electrons. The van der Waals surface area contributed by atoms with E-state index in [1.54, 1.807) is 12.1 Å². The fourth-order valence-corrected chi connectivity index (χ4v) is 4.08. The number of hydrogen-bond acceptors (Lipinski definition) is 3. The largest absolute Gasteiger partial charge is 0.504 e. The van der Waals surface area contributed by atoms with Gasteiger partial charge in [-0.05, 0) is 22.9 Å². The van der Waals surface area contributed by atoms with E-state index in [1.807, 2.05) is 78.9 Å². The van der Waals surface area contributed by atoms with E-state index >= 15 is 0 Å². The van der Waals surface area contributed by atoms with E-state index in [4.69, 9.17) is 4.74 Å². The quantitative estimate of drug-likeness (QED) is 0.365. The van der Waals surface area contributed by atoms with Gasteiger partial charge in [0.05, 0.1) is 12.7 Å². The Kier molecular flexibility index (Phi) is 6.22. The van der Waals surface area contributed by atoms with Crippen LogP contribution in [0.15, 0.2) is 91.0 Å². The van der Waals surface area contributed by atoms with Gasteiger partial charge in [0.25, 0.3) is 0 Å². The zero-order valence-corrected chi connectivity index (χ0v) is 17.8. The average Bonchev–Trinajstić information content (AvgIpc) is 2.82. The molecule has 4 nitrogen and oxygen atoms in total. The van der Waals surface area contributed by atoms with Gasteiger partial charge in [0, 0.05) is 22.9 Å². The summed E-state index contributed by atoms with van der Waals surface area (Å²) < 4.78 is 5.62. The molecule has 2 N–H and O–H groups in total. The summed E-state index contributed by atoms with van der Waals surface area (Å²) in [4.78, 5) is 12.5. The van der Waals surface area contributed by atoms with Gasteiger partial charge in [-0.1, -0.05) is 91.0 Å². The minimum absolute atomic E-state index is 0.0191. The molecule has 0 heterocycles. The molecule has 4 aromatic rings. The van der Waals surface area contributed by atoms with Crippen molar-refractivity contribution in [3.63, 3.8) is 0 Å². The molecule has 0 unspecified atom stereocenters. The van der Waals surface area contributed by atoms with Gasteiger partial charge in [0.1, 0.15) is 0 Å². The molecule has 4 heteroatoms. The number of aliphatic carboxylic acids is 1. The fourth-order valence-electron chi connectivity index (χ4n) is 4.08. The normalized spacial score (nSPS) is 11.5. The number of allylic oxidation sites excluding steroid dienone is 1. The van der Waals surface area contributed by atoms with E-state index in [0.717, 1.165) is 11.1 Å². The lowest BCUT2D eigenvalue weighted by Gasteiger charge is -2.20. The lowest BCUT2D eigenvalue weighted by molar-refractivity contribution is -0.130. The number of aromatic hydroxyl groups is 1. The van der Waals surface area contributed by atoms with E-state index in [0.29, 0.717) is 40.5 Å². The van der Waals surface area contributed by atoms with E-state index in [2.05, 4.69) is 0 Å². The number of hydrogen-bond donors (Lipinski definition) is 2. The number of fused-ring (bicyclic) bond motifs is 1. The zero-order chi connectivity index (χ0) is 22.5. The number of ether oxygens (including phenoxy) is 1. The standard InChI is InChI=1S/C28H24O4/c1-32-27-24(18-20-12-6-3-7-13-20)25(21-14-8-9-15-22(21)26(27)29)23(28(30)31)17-16-19-10-4-2-5-11-19/h2-15,17,29H,16,18H2,1H3,(H,30,31)/b23-17-. The van der Waals surface area contributed by atoms with E-state index < -0.39 is 5.97 Å². The molecule has 4 aromatic carbocycles. The second-order valence-corrected chi connectivity index (χ2v) is 7.56. The third kappa shape index (κ3) is 4.21. The van der Waals surface area contributed by atoms with Gasteiger partial charge in [-0.25, -0.2) is 4.79 Å². The summed E-state index contributed by atoms with van der Waals surface area (Å²) in [6.07, 6.45) is 2.64. The molecule has 0 fully saturated rings. The van der Waals surface area contributed by atoms with Crippen LogP contribution in [0.2, 0.25) is 0 Å². The monoisotopic (exact) mass is 424 g/mol. The van der Waals surface area contributed by atoms with Gasteiger partial charge in [-0.3, -0.25) is 0 Å². The van der Waals surface area contributed by atoms with Crippen molar-refractivity contribution in [2.45, 2.75) is 12.8 Å². The number of rotatable bonds is 7. The molecule has 0 spiro atoms. The maximum atomic E-state index is 12.5. The SMILES string of the molecule is COc1c(Cc2ccccc2)c(/C(=C/Cc2ccccc2)C(=O)O)c2ccccc2c1O. The number of methoxy groups -OCH3 is 1. The van der Waals surface area contributed by atoms with E-state index in [1.165, 1.54) is 7.11 Å². The molecule has 0 radical (unpaired) electrons. The third-order valence-corrected chi connectivity index (χ3v) is 5.55. The number of carboxylic acids is 1. The van der Waals surface area contributed by atoms with Crippen molar-refractivity contribution in [2.24, 2.45) is 0 Å². The van der Waals surface area contributed by atoms with Crippen LogP contribution in [0.1, 0.15) is 22.3 Å². The first-order valence-electron chi connectivity index (χ1n) is 10.4. The Hall–Kier alpha value is -4.05. The van der Waals surface area contributed by atoms with Crippen molar-refractivity contribution in [1.82, 2.24) is 0 Å². The van der Waals surface area contributed by atoms with Crippen LogP contribution in [-0.2, 0) is 17.6 Å². The highest BCUT2D eigenvalue weighted by molar-refractivity contribution is 6.21. The Labute approximate surface area is 187 Å². The highest BCUT2D eigenvalue weighted by atomic mass is 16.5. The molecule has 0 saturated heterocycles. The molecule has 4 rings (SSSR count). The van der Waals surface area contributed by atoms with Crippen LogP contribution in [0.3, 0.4) is 0 Å². The van der Waals surface area contributed by atoms with Gasteiger partial charge >= 0.3 is 5.97 Å². The summed E-state index contributed by atoms with van der Waals surface area (Å²) in [7, 11) is 1.50. The maximum Gasteiger partial charge on any atom is 0.336 e. The third-order valence-electron chi connectivity index (χ3n) is 5.55. The predicted molar refractivity (Wildman–Crippen MR) is 127 cm³/mol. The molecule has 0 atom stereocenters. The van der Waals surface area contributed by atoms with Crippen molar-refractivity contribution in [1.29, 1.82) is 0 Å². The van der Waals surface area contributed by atoms with E-state index in [9.17, 15) is 15.0 Å². The first kappa shape index (κ1) is 21.2. The van der Waals surface area contributed by atoms with Crippen LogP contribution in [0.25, 0.3) is 16.3 Å². The lowest BCUT2D eigenvalue weighted by Crippen LogP contribution is -2.08. The number of phenolic OH excluding ortho intramolecular Hbond substituents is 1. The Morgan fingerprint density at radius 3 is 2.00 bits per heavy atom. The summed E-state index contributed by atoms with van der Waals surface area (Å²) >= 11 is 0. The van der Waals surface area contributed by atoms with Crippen LogP contribution in [0.5, 0.6) is 11.5 Å². The van der Waals surface area contributed by atoms with Crippen molar-refractivity contribution < 1.29 is 19.7 Å². The average molecular weight is 424 g/mol. The first-order chi connectivity index (χ1) is 15.6.